The lowest BCUT2D eigenvalue weighted by atomic mass is 10.1. The van der Waals surface area contributed by atoms with E-state index in [-0.39, 0.29) is 0 Å². The molecular formula is C15H18N2O2S. The van der Waals surface area contributed by atoms with Crippen LogP contribution in [0.15, 0.2) is 47.1 Å². The minimum absolute atomic E-state index is 0.599. The van der Waals surface area contributed by atoms with E-state index in [1.807, 2.05) is 24.3 Å². The van der Waals surface area contributed by atoms with E-state index in [9.17, 15) is 0 Å². The zero-order valence-electron chi connectivity index (χ0n) is 11.4. The lowest BCUT2D eigenvalue weighted by molar-refractivity contribution is 0.414. The Kier molecular flexibility index (Phi) is 5.43. The molecule has 1 aromatic carbocycles. The number of hydrogen-bond acceptors (Lipinski definition) is 3. The number of benzene rings is 1. The number of furan rings is 1. The van der Waals surface area contributed by atoms with Crippen molar-refractivity contribution in [3.05, 3.63) is 54.0 Å². The predicted octanol–water partition coefficient (Wildman–Crippen LogP) is 2.50. The second-order valence-corrected chi connectivity index (χ2v) is 4.70. The maximum absolute atomic E-state index is 5.22. The molecule has 2 aromatic rings. The fraction of sp³-hybridized carbons (Fsp3) is 0.267. The van der Waals surface area contributed by atoms with Crippen LogP contribution in [0.5, 0.6) is 5.75 Å². The summed E-state index contributed by atoms with van der Waals surface area (Å²) in [5.74, 6) is 1.74. The summed E-state index contributed by atoms with van der Waals surface area (Å²) in [5.41, 5.74) is 1.24. The average Bonchev–Trinajstić information content (AvgIpc) is 2.99. The van der Waals surface area contributed by atoms with E-state index in [0.717, 1.165) is 24.5 Å². The molecule has 1 aromatic heterocycles. The monoisotopic (exact) mass is 290 g/mol. The van der Waals surface area contributed by atoms with Gasteiger partial charge in [0.15, 0.2) is 5.11 Å². The fourth-order valence-electron chi connectivity index (χ4n) is 1.76. The van der Waals surface area contributed by atoms with E-state index in [2.05, 4.69) is 22.8 Å². The third-order valence-electron chi connectivity index (χ3n) is 2.86. The molecule has 2 N–H and O–H groups in total. The third-order valence-corrected chi connectivity index (χ3v) is 3.15. The first-order chi connectivity index (χ1) is 9.78. The molecule has 0 radical (unpaired) electrons. The summed E-state index contributed by atoms with van der Waals surface area (Å²) in [6, 6.07) is 11.8. The van der Waals surface area contributed by atoms with Crippen LogP contribution in [0.3, 0.4) is 0 Å². The van der Waals surface area contributed by atoms with Crippen LogP contribution < -0.4 is 15.4 Å². The second-order valence-electron chi connectivity index (χ2n) is 4.29. The van der Waals surface area contributed by atoms with E-state index in [0.29, 0.717) is 11.7 Å². The zero-order valence-corrected chi connectivity index (χ0v) is 12.2. The van der Waals surface area contributed by atoms with Gasteiger partial charge >= 0.3 is 0 Å². The standard InChI is InChI=1S/C15H18N2O2S/c1-18-13-6-4-12(5-7-13)8-9-16-15(20)17-11-14-3-2-10-19-14/h2-7,10H,8-9,11H2,1H3,(H2,16,17,20). The Morgan fingerprint density at radius 3 is 2.65 bits per heavy atom. The summed E-state index contributed by atoms with van der Waals surface area (Å²) in [7, 11) is 1.67. The second kappa shape index (κ2) is 7.55. The van der Waals surface area contributed by atoms with Gasteiger partial charge in [-0.3, -0.25) is 0 Å². The molecular weight excluding hydrogens is 272 g/mol. The Bertz CT molecular complexity index is 523. The first-order valence-corrected chi connectivity index (χ1v) is 6.86. The molecule has 0 aliphatic heterocycles. The van der Waals surface area contributed by atoms with Crippen LogP contribution in [0, 0.1) is 0 Å². The van der Waals surface area contributed by atoms with Crippen molar-refractivity contribution in [1.82, 2.24) is 10.6 Å². The molecule has 0 saturated heterocycles. The fourth-order valence-corrected chi connectivity index (χ4v) is 1.93. The quantitative estimate of drug-likeness (QED) is 0.800. The van der Waals surface area contributed by atoms with Crippen molar-refractivity contribution in [2.45, 2.75) is 13.0 Å². The molecule has 0 aliphatic carbocycles. The van der Waals surface area contributed by atoms with Crippen LogP contribution in [0.25, 0.3) is 0 Å². The highest BCUT2D eigenvalue weighted by atomic mass is 32.1. The molecule has 4 nitrogen and oxygen atoms in total. The summed E-state index contributed by atoms with van der Waals surface area (Å²) < 4.78 is 10.3. The highest BCUT2D eigenvalue weighted by Gasteiger charge is 1.99. The van der Waals surface area contributed by atoms with Gasteiger partial charge in [-0.15, -0.1) is 0 Å². The lowest BCUT2D eigenvalue weighted by Gasteiger charge is -2.09. The predicted molar refractivity (Wildman–Crippen MR) is 82.8 cm³/mol. The summed E-state index contributed by atoms with van der Waals surface area (Å²) in [4.78, 5) is 0. The Hall–Kier alpha value is -2.01. The summed E-state index contributed by atoms with van der Waals surface area (Å²) in [6.45, 7) is 1.39. The Balaban J connectivity index is 1.65. The molecule has 2 rings (SSSR count). The van der Waals surface area contributed by atoms with Gasteiger partial charge in [-0.1, -0.05) is 12.1 Å². The molecule has 0 bridgehead atoms. The van der Waals surface area contributed by atoms with Crippen LogP contribution in [0.2, 0.25) is 0 Å². The van der Waals surface area contributed by atoms with Crippen LogP contribution in [-0.2, 0) is 13.0 Å². The normalized spacial score (nSPS) is 10.1. The smallest absolute Gasteiger partial charge is 0.166 e. The van der Waals surface area contributed by atoms with E-state index in [4.69, 9.17) is 21.4 Å². The molecule has 0 unspecified atom stereocenters. The van der Waals surface area contributed by atoms with Gasteiger partial charge in [-0.05, 0) is 48.5 Å². The number of hydrogen-bond donors (Lipinski definition) is 2. The molecule has 1 heterocycles. The molecule has 0 atom stereocenters. The average molecular weight is 290 g/mol. The minimum Gasteiger partial charge on any atom is -0.497 e. The zero-order chi connectivity index (χ0) is 14.2. The van der Waals surface area contributed by atoms with Gasteiger partial charge in [0.05, 0.1) is 19.9 Å². The van der Waals surface area contributed by atoms with Gasteiger partial charge in [0.1, 0.15) is 11.5 Å². The molecule has 106 valence electrons. The highest BCUT2D eigenvalue weighted by molar-refractivity contribution is 7.80. The Labute approximate surface area is 124 Å². The number of ether oxygens (including phenoxy) is 1. The molecule has 0 saturated carbocycles. The van der Waals surface area contributed by atoms with Crippen molar-refractivity contribution in [1.29, 1.82) is 0 Å². The first-order valence-electron chi connectivity index (χ1n) is 6.45. The Morgan fingerprint density at radius 1 is 1.20 bits per heavy atom. The van der Waals surface area contributed by atoms with Gasteiger partial charge in [0.2, 0.25) is 0 Å². The van der Waals surface area contributed by atoms with Crippen LogP contribution in [-0.4, -0.2) is 18.8 Å². The third kappa shape index (κ3) is 4.59. The summed E-state index contributed by atoms with van der Waals surface area (Å²) in [6.07, 6.45) is 2.56. The van der Waals surface area contributed by atoms with E-state index in [1.165, 1.54) is 5.56 Å². The van der Waals surface area contributed by atoms with Crippen molar-refractivity contribution >= 4 is 17.3 Å². The molecule has 20 heavy (non-hydrogen) atoms. The van der Waals surface area contributed by atoms with Gasteiger partial charge < -0.3 is 19.8 Å². The van der Waals surface area contributed by atoms with Gasteiger partial charge in [0.25, 0.3) is 0 Å². The number of rotatable bonds is 6. The highest BCUT2D eigenvalue weighted by Crippen LogP contribution is 2.11. The Morgan fingerprint density at radius 2 is 2.00 bits per heavy atom. The molecule has 5 heteroatoms. The molecule has 0 fully saturated rings. The van der Waals surface area contributed by atoms with Crippen LogP contribution in [0.1, 0.15) is 11.3 Å². The lowest BCUT2D eigenvalue weighted by Crippen LogP contribution is -2.35. The van der Waals surface area contributed by atoms with Crippen molar-refractivity contribution in [2.75, 3.05) is 13.7 Å². The number of nitrogens with one attached hydrogen (secondary N) is 2. The molecule has 0 amide bonds. The van der Waals surface area contributed by atoms with Crippen LogP contribution >= 0.6 is 12.2 Å². The summed E-state index contributed by atoms with van der Waals surface area (Å²) in [5, 5.41) is 6.90. The molecule has 0 aliphatic rings. The molecule has 0 spiro atoms. The topological polar surface area (TPSA) is 46.4 Å². The number of thiocarbonyl (C=S) groups is 1. The number of methoxy groups -OCH3 is 1. The van der Waals surface area contributed by atoms with Crippen molar-refractivity contribution in [3.8, 4) is 5.75 Å². The maximum Gasteiger partial charge on any atom is 0.166 e. The van der Waals surface area contributed by atoms with Crippen molar-refractivity contribution in [3.63, 3.8) is 0 Å². The van der Waals surface area contributed by atoms with E-state index >= 15 is 0 Å². The van der Waals surface area contributed by atoms with Crippen molar-refractivity contribution < 1.29 is 9.15 Å². The van der Waals surface area contributed by atoms with Gasteiger partial charge in [-0.25, -0.2) is 0 Å². The van der Waals surface area contributed by atoms with Gasteiger partial charge in [0, 0.05) is 6.54 Å². The first kappa shape index (κ1) is 14.4. The van der Waals surface area contributed by atoms with E-state index < -0.39 is 0 Å². The largest absolute Gasteiger partial charge is 0.497 e. The minimum atomic E-state index is 0.599. The SMILES string of the molecule is COc1ccc(CCNC(=S)NCc2ccco2)cc1. The maximum atomic E-state index is 5.22. The van der Waals surface area contributed by atoms with Gasteiger partial charge in [-0.2, -0.15) is 0 Å². The van der Waals surface area contributed by atoms with Crippen LogP contribution in [0.4, 0.5) is 0 Å². The van der Waals surface area contributed by atoms with E-state index in [1.54, 1.807) is 13.4 Å². The van der Waals surface area contributed by atoms with Crippen molar-refractivity contribution in [2.24, 2.45) is 0 Å². The summed E-state index contributed by atoms with van der Waals surface area (Å²) >= 11 is 5.20.